The van der Waals surface area contributed by atoms with Gasteiger partial charge in [-0.15, -0.1) is 6.58 Å². The fourth-order valence-electron chi connectivity index (χ4n) is 7.43. The maximum atomic E-state index is 12.3. The topological polar surface area (TPSA) is 26.3 Å². The predicted molar refractivity (Wildman–Crippen MR) is 85.0 cm³/mol. The summed E-state index contributed by atoms with van der Waals surface area (Å²) in [4.78, 5) is 12.3. The Hall–Kier alpha value is -0.630. The SMILES string of the molecule is C=CC[C@]1(C=O)CC[C@H]2C(C)(C)C[C@]3(C)CC[C@H](OC)C231. The van der Waals surface area contributed by atoms with Crippen LogP contribution in [0.15, 0.2) is 12.7 Å². The standard InChI is InChI=1S/C19H30O2/c1-6-9-18(13-20)11-7-14-16(2,3)12-17(4)10-8-15(21-5)19(14,17)18/h6,13-15H,1,7-12H2,2-5H3/t14-,15-,17-,18+,19?/m0/s1. The van der Waals surface area contributed by atoms with Crippen LogP contribution in [0.5, 0.6) is 0 Å². The molecule has 0 saturated heterocycles. The summed E-state index contributed by atoms with van der Waals surface area (Å²) in [5.41, 5.74) is 0.271. The maximum absolute atomic E-state index is 12.3. The van der Waals surface area contributed by atoms with Gasteiger partial charge in [-0.05, 0) is 55.3 Å². The van der Waals surface area contributed by atoms with Gasteiger partial charge in [-0.25, -0.2) is 0 Å². The monoisotopic (exact) mass is 290 g/mol. The average Bonchev–Trinajstić information content (AvgIpc) is 2.95. The first kappa shape index (κ1) is 15.3. The van der Waals surface area contributed by atoms with Gasteiger partial charge in [0.25, 0.3) is 0 Å². The van der Waals surface area contributed by atoms with Gasteiger partial charge >= 0.3 is 0 Å². The van der Waals surface area contributed by atoms with Gasteiger partial charge in [-0.1, -0.05) is 26.8 Å². The van der Waals surface area contributed by atoms with Crippen molar-refractivity contribution < 1.29 is 9.53 Å². The quantitative estimate of drug-likeness (QED) is 0.567. The number of carbonyl (C=O) groups is 1. The largest absolute Gasteiger partial charge is 0.381 e. The smallest absolute Gasteiger partial charge is 0.127 e. The molecule has 3 fully saturated rings. The van der Waals surface area contributed by atoms with Crippen molar-refractivity contribution in [2.45, 2.75) is 65.4 Å². The van der Waals surface area contributed by atoms with Crippen LogP contribution in [0.1, 0.15) is 59.3 Å². The minimum Gasteiger partial charge on any atom is -0.381 e. The second-order valence-electron chi connectivity index (χ2n) is 8.72. The summed E-state index contributed by atoms with van der Waals surface area (Å²) in [6, 6.07) is 0. The van der Waals surface area contributed by atoms with Gasteiger partial charge in [0, 0.05) is 17.9 Å². The molecule has 2 heteroatoms. The van der Waals surface area contributed by atoms with Gasteiger partial charge in [0.15, 0.2) is 0 Å². The first-order valence-corrected chi connectivity index (χ1v) is 8.44. The van der Waals surface area contributed by atoms with E-state index in [9.17, 15) is 4.79 Å². The van der Waals surface area contributed by atoms with Crippen molar-refractivity contribution in [3.05, 3.63) is 12.7 Å². The normalized spacial score (nSPS) is 50.7. The summed E-state index contributed by atoms with van der Waals surface area (Å²) in [5, 5.41) is 0. The van der Waals surface area contributed by atoms with Crippen molar-refractivity contribution in [1.82, 2.24) is 0 Å². The van der Waals surface area contributed by atoms with E-state index in [1.54, 1.807) is 0 Å². The van der Waals surface area contributed by atoms with Crippen molar-refractivity contribution in [1.29, 1.82) is 0 Å². The summed E-state index contributed by atoms with van der Waals surface area (Å²) in [5.74, 6) is 0.590. The number of ether oxygens (including phenoxy) is 1. The summed E-state index contributed by atoms with van der Waals surface area (Å²) in [7, 11) is 1.84. The highest BCUT2D eigenvalue weighted by Crippen LogP contribution is 2.81. The first-order chi connectivity index (χ1) is 9.83. The van der Waals surface area contributed by atoms with Crippen molar-refractivity contribution >= 4 is 6.29 Å². The number of hydrogen-bond donors (Lipinski definition) is 0. The van der Waals surface area contributed by atoms with Crippen LogP contribution < -0.4 is 0 Å². The minimum atomic E-state index is -0.265. The molecule has 1 spiro atoms. The van der Waals surface area contributed by atoms with Crippen LogP contribution in [0.3, 0.4) is 0 Å². The van der Waals surface area contributed by atoms with Crippen molar-refractivity contribution in [2.75, 3.05) is 7.11 Å². The van der Waals surface area contributed by atoms with Gasteiger partial charge in [0.2, 0.25) is 0 Å². The number of hydrogen-bond acceptors (Lipinski definition) is 2. The highest BCUT2D eigenvalue weighted by atomic mass is 16.5. The Morgan fingerprint density at radius 2 is 1.95 bits per heavy atom. The lowest BCUT2D eigenvalue weighted by Gasteiger charge is -2.51. The van der Waals surface area contributed by atoms with E-state index < -0.39 is 0 Å². The molecule has 3 aliphatic carbocycles. The zero-order valence-electron chi connectivity index (χ0n) is 14.1. The molecular weight excluding hydrogens is 260 g/mol. The lowest BCUT2D eigenvalue weighted by Crippen LogP contribution is -2.54. The second kappa shape index (κ2) is 4.44. The molecular formula is C19H30O2. The summed E-state index contributed by atoms with van der Waals surface area (Å²) in [6.07, 6.45) is 9.96. The molecule has 5 atom stereocenters. The fraction of sp³-hybridized carbons (Fsp3) is 0.842. The van der Waals surface area contributed by atoms with Gasteiger partial charge < -0.3 is 9.53 Å². The average molecular weight is 290 g/mol. The number of methoxy groups -OCH3 is 1. The molecule has 3 aliphatic rings. The molecule has 118 valence electrons. The molecule has 3 saturated carbocycles. The zero-order chi connectivity index (χ0) is 15.5. The molecule has 0 aromatic heterocycles. The molecule has 0 aliphatic heterocycles. The van der Waals surface area contributed by atoms with Gasteiger partial charge in [0.05, 0.1) is 6.10 Å². The second-order valence-corrected chi connectivity index (χ2v) is 8.72. The number of carbonyl (C=O) groups excluding carboxylic acids is 1. The van der Waals surface area contributed by atoms with Crippen molar-refractivity contribution in [3.8, 4) is 0 Å². The van der Waals surface area contributed by atoms with E-state index in [1.807, 2.05) is 13.2 Å². The minimum absolute atomic E-state index is 0.00812. The van der Waals surface area contributed by atoms with Crippen LogP contribution in [-0.2, 0) is 9.53 Å². The molecule has 0 heterocycles. The summed E-state index contributed by atoms with van der Waals surface area (Å²) in [6.45, 7) is 11.2. The zero-order valence-corrected chi connectivity index (χ0v) is 14.1. The molecule has 2 nitrogen and oxygen atoms in total. The van der Waals surface area contributed by atoms with Crippen LogP contribution in [-0.4, -0.2) is 19.5 Å². The Labute approximate surface area is 129 Å². The Balaban J connectivity index is 2.24. The van der Waals surface area contributed by atoms with E-state index in [2.05, 4.69) is 27.4 Å². The number of aldehydes is 1. The predicted octanol–water partition coefficient (Wildman–Crippen LogP) is 4.39. The Morgan fingerprint density at radius 3 is 2.52 bits per heavy atom. The Kier molecular flexibility index (Phi) is 3.23. The third kappa shape index (κ3) is 1.50. The third-order valence-electron chi connectivity index (χ3n) is 7.53. The van der Waals surface area contributed by atoms with E-state index in [0.717, 1.165) is 25.7 Å². The van der Waals surface area contributed by atoms with Crippen LogP contribution >= 0.6 is 0 Å². The lowest BCUT2D eigenvalue weighted by atomic mass is 9.52. The molecule has 0 amide bonds. The van der Waals surface area contributed by atoms with E-state index in [1.165, 1.54) is 19.1 Å². The van der Waals surface area contributed by atoms with E-state index >= 15 is 0 Å². The fourth-order valence-corrected chi connectivity index (χ4v) is 7.43. The molecule has 0 N–H and O–H groups in total. The van der Waals surface area contributed by atoms with Crippen LogP contribution in [0.4, 0.5) is 0 Å². The molecule has 0 aromatic rings. The lowest BCUT2D eigenvalue weighted by molar-refractivity contribution is -0.145. The van der Waals surface area contributed by atoms with E-state index in [0.29, 0.717) is 11.3 Å². The number of allylic oxidation sites excluding steroid dienone is 1. The highest BCUT2D eigenvalue weighted by molar-refractivity contribution is 5.64. The molecule has 0 radical (unpaired) electrons. The Morgan fingerprint density at radius 1 is 1.24 bits per heavy atom. The van der Waals surface area contributed by atoms with Crippen LogP contribution in [0.25, 0.3) is 0 Å². The van der Waals surface area contributed by atoms with Gasteiger partial charge in [-0.3, -0.25) is 0 Å². The van der Waals surface area contributed by atoms with E-state index in [4.69, 9.17) is 4.74 Å². The van der Waals surface area contributed by atoms with Gasteiger partial charge in [-0.2, -0.15) is 0 Å². The molecule has 0 bridgehead atoms. The molecule has 3 rings (SSSR count). The van der Waals surface area contributed by atoms with Crippen LogP contribution in [0.2, 0.25) is 0 Å². The number of rotatable bonds is 4. The Bertz CT molecular complexity index is 468. The summed E-state index contributed by atoms with van der Waals surface area (Å²) < 4.78 is 6.00. The highest BCUT2D eigenvalue weighted by Gasteiger charge is 2.78. The molecule has 1 unspecified atom stereocenters. The van der Waals surface area contributed by atoms with Gasteiger partial charge in [0.1, 0.15) is 6.29 Å². The third-order valence-corrected chi connectivity index (χ3v) is 7.53. The van der Waals surface area contributed by atoms with Crippen molar-refractivity contribution in [2.24, 2.45) is 27.6 Å². The molecule has 0 aromatic carbocycles. The van der Waals surface area contributed by atoms with Crippen molar-refractivity contribution in [3.63, 3.8) is 0 Å². The van der Waals surface area contributed by atoms with Crippen LogP contribution in [0, 0.1) is 27.6 Å². The van der Waals surface area contributed by atoms with E-state index in [-0.39, 0.29) is 22.3 Å². The molecule has 21 heavy (non-hydrogen) atoms. The first-order valence-electron chi connectivity index (χ1n) is 8.44. The maximum Gasteiger partial charge on any atom is 0.127 e. The summed E-state index contributed by atoms with van der Waals surface area (Å²) >= 11 is 0.